The van der Waals surface area contributed by atoms with Crippen molar-refractivity contribution in [3.05, 3.63) is 30.3 Å². The molecule has 0 saturated carbocycles. The minimum Gasteiger partial charge on any atom is -0.396 e. The maximum absolute atomic E-state index is 12.0. The van der Waals surface area contributed by atoms with Crippen molar-refractivity contribution in [3.63, 3.8) is 0 Å². The number of hydrogen-bond acceptors (Lipinski definition) is 3. The van der Waals surface area contributed by atoms with Gasteiger partial charge in [-0.1, -0.05) is 18.2 Å². The first-order valence-electron chi connectivity index (χ1n) is 8.39. The Morgan fingerprint density at radius 3 is 2.64 bits per heavy atom. The number of anilines is 1. The van der Waals surface area contributed by atoms with Gasteiger partial charge in [-0.3, -0.25) is 4.79 Å². The first-order chi connectivity index (χ1) is 10.7. The smallest absolute Gasteiger partial charge is 0.224 e. The summed E-state index contributed by atoms with van der Waals surface area (Å²) in [5.74, 6) is 0.765. The summed E-state index contributed by atoms with van der Waals surface area (Å²) >= 11 is 0. The van der Waals surface area contributed by atoms with Crippen LogP contribution in [-0.2, 0) is 4.79 Å². The number of nitrogens with one attached hydrogen (secondary N) is 1. The highest BCUT2D eigenvalue weighted by atomic mass is 16.3. The van der Waals surface area contributed by atoms with Crippen molar-refractivity contribution in [2.24, 2.45) is 5.92 Å². The number of aliphatic hydroxyl groups is 1. The van der Waals surface area contributed by atoms with Crippen LogP contribution in [0.5, 0.6) is 0 Å². The molecule has 1 unspecified atom stereocenters. The van der Waals surface area contributed by atoms with E-state index in [4.69, 9.17) is 5.11 Å². The molecule has 22 heavy (non-hydrogen) atoms. The summed E-state index contributed by atoms with van der Waals surface area (Å²) in [6, 6.07) is 10.1. The van der Waals surface area contributed by atoms with Crippen LogP contribution >= 0.6 is 0 Å². The van der Waals surface area contributed by atoms with E-state index in [1.54, 1.807) is 0 Å². The van der Waals surface area contributed by atoms with Gasteiger partial charge in [0.2, 0.25) is 5.91 Å². The molecule has 0 radical (unpaired) electrons. The molecule has 0 bridgehead atoms. The van der Waals surface area contributed by atoms with Crippen molar-refractivity contribution in [3.8, 4) is 0 Å². The summed E-state index contributed by atoms with van der Waals surface area (Å²) in [6.45, 7) is 4.63. The van der Waals surface area contributed by atoms with Gasteiger partial charge in [0.1, 0.15) is 0 Å². The quantitative estimate of drug-likeness (QED) is 0.814. The monoisotopic (exact) mass is 304 g/mol. The van der Waals surface area contributed by atoms with Gasteiger partial charge in [-0.05, 0) is 63.7 Å². The maximum Gasteiger partial charge on any atom is 0.224 e. The minimum absolute atomic E-state index is 0.113. The van der Waals surface area contributed by atoms with Gasteiger partial charge in [0, 0.05) is 24.8 Å². The molecule has 0 aliphatic carbocycles. The van der Waals surface area contributed by atoms with Gasteiger partial charge in [-0.15, -0.1) is 0 Å². The number of amides is 1. The summed E-state index contributed by atoms with van der Waals surface area (Å²) in [4.78, 5) is 14.4. The van der Waals surface area contributed by atoms with Gasteiger partial charge in [0.15, 0.2) is 0 Å². The number of aliphatic hydroxyl groups excluding tert-OH is 1. The predicted molar refractivity (Wildman–Crippen MR) is 89.8 cm³/mol. The molecule has 1 saturated heterocycles. The topological polar surface area (TPSA) is 52.6 Å². The molecular weight excluding hydrogens is 276 g/mol. The molecule has 2 rings (SSSR count). The molecule has 1 amide bonds. The molecule has 1 aromatic carbocycles. The molecule has 1 aliphatic rings. The van der Waals surface area contributed by atoms with Crippen molar-refractivity contribution in [2.75, 3.05) is 25.0 Å². The summed E-state index contributed by atoms with van der Waals surface area (Å²) in [6.07, 6.45) is 4.75. The van der Waals surface area contributed by atoms with Crippen LogP contribution in [0.3, 0.4) is 0 Å². The lowest BCUT2D eigenvalue weighted by atomic mass is 9.91. The van der Waals surface area contributed by atoms with Crippen LogP contribution in [0.15, 0.2) is 30.3 Å². The van der Waals surface area contributed by atoms with E-state index in [1.807, 2.05) is 30.3 Å². The Bertz CT molecular complexity index is 442. The zero-order chi connectivity index (χ0) is 15.8. The Labute approximate surface area is 133 Å². The minimum atomic E-state index is 0.113. The number of piperidine rings is 1. The molecule has 1 atom stereocenters. The van der Waals surface area contributed by atoms with Crippen molar-refractivity contribution >= 4 is 11.6 Å². The molecule has 1 aromatic rings. The standard InChI is InChI=1S/C18H28N2O2/c1-15(11-14-21)20-12-9-16(10-13-20)7-8-18(22)19-17-5-3-2-4-6-17/h2-6,15-16,21H,7-14H2,1H3,(H,19,22). The number of likely N-dealkylation sites (tertiary alicyclic amines) is 1. The number of rotatable bonds is 7. The second-order valence-electron chi connectivity index (χ2n) is 6.29. The third kappa shape index (κ3) is 5.43. The van der Waals surface area contributed by atoms with Gasteiger partial charge in [0.25, 0.3) is 0 Å². The Hall–Kier alpha value is -1.39. The number of carbonyl (C=O) groups excluding carboxylic acids is 1. The largest absolute Gasteiger partial charge is 0.396 e. The second kappa shape index (κ2) is 8.91. The molecule has 0 spiro atoms. The second-order valence-corrected chi connectivity index (χ2v) is 6.29. The van der Waals surface area contributed by atoms with Crippen LogP contribution in [0, 0.1) is 5.92 Å². The van der Waals surface area contributed by atoms with Crippen molar-refractivity contribution < 1.29 is 9.90 Å². The van der Waals surface area contributed by atoms with Crippen LogP contribution in [-0.4, -0.2) is 41.7 Å². The third-order valence-electron chi connectivity index (χ3n) is 4.66. The summed E-state index contributed by atoms with van der Waals surface area (Å²) < 4.78 is 0. The van der Waals surface area contributed by atoms with Crippen LogP contribution in [0.1, 0.15) is 39.0 Å². The van der Waals surface area contributed by atoms with Gasteiger partial charge in [0.05, 0.1) is 0 Å². The fourth-order valence-corrected chi connectivity index (χ4v) is 3.13. The summed E-state index contributed by atoms with van der Waals surface area (Å²) in [5.41, 5.74) is 0.875. The molecular formula is C18H28N2O2. The van der Waals surface area contributed by atoms with E-state index in [1.165, 1.54) is 0 Å². The first-order valence-corrected chi connectivity index (χ1v) is 8.39. The van der Waals surface area contributed by atoms with E-state index < -0.39 is 0 Å². The Kier molecular flexibility index (Phi) is 6.87. The number of hydrogen-bond donors (Lipinski definition) is 2. The van der Waals surface area contributed by atoms with E-state index in [2.05, 4.69) is 17.1 Å². The lowest BCUT2D eigenvalue weighted by Gasteiger charge is -2.35. The molecule has 1 fully saturated rings. The van der Waals surface area contributed by atoms with Gasteiger partial charge in [-0.25, -0.2) is 0 Å². The highest BCUT2D eigenvalue weighted by Crippen LogP contribution is 2.24. The lowest BCUT2D eigenvalue weighted by Crippen LogP contribution is -2.40. The first kappa shape index (κ1) is 17.0. The zero-order valence-corrected chi connectivity index (χ0v) is 13.5. The number of benzene rings is 1. The van der Waals surface area contributed by atoms with Crippen LogP contribution < -0.4 is 5.32 Å². The van der Waals surface area contributed by atoms with Crippen LogP contribution in [0.4, 0.5) is 5.69 Å². The van der Waals surface area contributed by atoms with Gasteiger partial charge < -0.3 is 15.3 Å². The van der Waals surface area contributed by atoms with Crippen LogP contribution in [0.2, 0.25) is 0 Å². The van der Waals surface area contributed by atoms with Gasteiger partial charge >= 0.3 is 0 Å². The van der Waals surface area contributed by atoms with E-state index >= 15 is 0 Å². The molecule has 4 nitrogen and oxygen atoms in total. The van der Waals surface area contributed by atoms with E-state index in [0.29, 0.717) is 18.4 Å². The lowest BCUT2D eigenvalue weighted by molar-refractivity contribution is -0.116. The van der Waals surface area contributed by atoms with E-state index in [0.717, 1.165) is 44.5 Å². The normalized spacial score (nSPS) is 18.1. The van der Waals surface area contributed by atoms with Crippen molar-refractivity contribution in [1.82, 2.24) is 4.90 Å². The van der Waals surface area contributed by atoms with E-state index in [9.17, 15) is 4.79 Å². The maximum atomic E-state index is 12.0. The predicted octanol–water partition coefficient (Wildman–Crippen LogP) is 2.89. The number of para-hydroxylation sites is 1. The average molecular weight is 304 g/mol. The highest BCUT2D eigenvalue weighted by Gasteiger charge is 2.22. The zero-order valence-electron chi connectivity index (χ0n) is 13.5. The van der Waals surface area contributed by atoms with Crippen molar-refractivity contribution in [2.45, 2.75) is 45.1 Å². The highest BCUT2D eigenvalue weighted by molar-refractivity contribution is 5.90. The molecule has 122 valence electrons. The van der Waals surface area contributed by atoms with E-state index in [-0.39, 0.29) is 12.5 Å². The molecule has 1 aliphatic heterocycles. The molecule has 4 heteroatoms. The number of nitrogens with zero attached hydrogens (tertiary/aromatic N) is 1. The molecule has 2 N–H and O–H groups in total. The summed E-state index contributed by atoms with van der Waals surface area (Å²) in [7, 11) is 0. The Morgan fingerprint density at radius 2 is 2.00 bits per heavy atom. The Balaban J connectivity index is 1.65. The number of carbonyl (C=O) groups is 1. The van der Waals surface area contributed by atoms with Crippen LogP contribution in [0.25, 0.3) is 0 Å². The Morgan fingerprint density at radius 1 is 1.32 bits per heavy atom. The SMILES string of the molecule is CC(CCO)N1CCC(CCC(=O)Nc2ccccc2)CC1. The molecule has 0 aromatic heterocycles. The average Bonchev–Trinajstić information content (AvgIpc) is 2.54. The fraction of sp³-hybridized carbons (Fsp3) is 0.611. The van der Waals surface area contributed by atoms with Gasteiger partial charge in [-0.2, -0.15) is 0 Å². The fourth-order valence-electron chi connectivity index (χ4n) is 3.13. The molecule has 1 heterocycles. The summed E-state index contributed by atoms with van der Waals surface area (Å²) in [5, 5.41) is 12.0. The third-order valence-corrected chi connectivity index (χ3v) is 4.66. The van der Waals surface area contributed by atoms with Crippen molar-refractivity contribution in [1.29, 1.82) is 0 Å².